The number of hydrogen-bond donors (Lipinski definition) is 3. The molecule has 0 radical (unpaired) electrons. The zero-order valence-corrected chi connectivity index (χ0v) is 15.3. The van der Waals surface area contributed by atoms with E-state index in [1.807, 2.05) is 6.07 Å². The van der Waals surface area contributed by atoms with E-state index in [0.29, 0.717) is 15.7 Å². The summed E-state index contributed by atoms with van der Waals surface area (Å²) >= 11 is 3.28. The van der Waals surface area contributed by atoms with Crippen molar-refractivity contribution in [3.63, 3.8) is 0 Å². The first-order chi connectivity index (χ1) is 13.1. The average Bonchev–Trinajstić information content (AvgIpc) is 2.67. The van der Waals surface area contributed by atoms with Crippen molar-refractivity contribution in [1.29, 1.82) is 0 Å². The van der Waals surface area contributed by atoms with Crippen LogP contribution in [-0.2, 0) is 0 Å². The number of para-hydroxylation sites is 1. The van der Waals surface area contributed by atoms with E-state index in [0.717, 1.165) is 6.33 Å². The molecule has 0 unspecified atom stereocenters. The summed E-state index contributed by atoms with van der Waals surface area (Å²) in [5.74, 6) is -0.624. The molecule has 0 atom stereocenters. The molecule has 3 N–H and O–H groups in total. The first kappa shape index (κ1) is 18.3. The Balaban J connectivity index is 1.83. The fourth-order valence-electron chi connectivity index (χ4n) is 2.22. The van der Waals surface area contributed by atoms with Gasteiger partial charge in [0.2, 0.25) is 11.6 Å². The topological polar surface area (TPSA) is 122 Å². The zero-order chi connectivity index (χ0) is 19.2. The van der Waals surface area contributed by atoms with E-state index < -0.39 is 16.5 Å². The standard InChI is InChI=1S/C17H13BrN6O3/c18-13-9-5-4-8-12(13)17(25)23-22-16-14(24(26)27)15(19-10-20-16)21-11-6-2-1-3-7-11/h1-10H,(H,23,25)(H2,19,20,21,22). The van der Waals surface area contributed by atoms with Crippen molar-refractivity contribution < 1.29 is 9.72 Å². The molecular formula is C17H13BrN6O3. The molecule has 0 aliphatic rings. The number of hydrazine groups is 1. The monoisotopic (exact) mass is 428 g/mol. The fourth-order valence-corrected chi connectivity index (χ4v) is 2.69. The van der Waals surface area contributed by atoms with Gasteiger partial charge in [0.25, 0.3) is 5.91 Å². The van der Waals surface area contributed by atoms with Gasteiger partial charge in [-0.3, -0.25) is 25.8 Å². The lowest BCUT2D eigenvalue weighted by Gasteiger charge is -2.11. The van der Waals surface area contributed by atoms with Gasteiger partial charge in [0, 0.05) is 10.2 Å². The number of benzene rings is 2. The summed E-state index contributed by atoms with van der Waals surface area (Å²) in [5, 5.41) is 14.4. The fraction of sp³-hybridized carbons (Fsp3) is 0. The Kier molecular flexibility index (Phi) is 5.57. The zero-order valence-electron chi connectivity index (χ0n) is 13.7. The van der Waals surface area contributed by atoms with E-state index >= 15 is 0 Å². The van der Waals surface area contributed by atoms with Crippen LogP contribution in [-0.4, -0.2) is 20.8 Å². The molecule has 1 heterocycles. The van der Waals surface area contributed by atoms with Gasteiger partial charge in [0.15, 0.2) is 0 Å². The minimum atomic E-state index is -0.627. The SMILES string of the molecule is O=C(NNc1ncnc(Nc2ccccc2)c1[N+](=O)[O-])c1ccccc1Br. The van der Waals surface area contributed by atoms with E-state index in [-0.39, 0.29) is 11.6 Å². The van der Waals surface area contributed by atoms with Crippen molar-refractivity contribution in [3.05, 3.63) is 81.1 Å². The van der Waals surface area contributed by atoms with Gasteiger partial charge in [-0.15, -0.1) is 0 Å². The normalized spacial score (nSPS) is 10.1. The smallest absolute Gasteiger partial charge is 0.334 e. The molecule has 0 fully saturated rings. The maximum absolute atomic E-state index is 12.3. The van der Waals surface area contributed by atoms with Gasteiger partial charge in [-0.25, -0.2) is 9.97 Å². The van der Waals surface area contributed by atoms with Crippen LogP contribution in [0.2, 0.25) is 0 Å². The molecule has 0 saturated heterocycles. The number of hydrogen-bond acceptors (Lipinski definition) is 7. The highest BCUT2D eigenvalue weighted by Crippen LogP contribution is 2.30. The third-order valence-electron chi connectivity index (χ3n) is 3.45. The molecule has 136 valence electrons. The molecular weight excluding hydrogens is 416 g/mol. The van der Waals surface area contributed by atoms with Crippen LogP contribution in [0, 0.1) is 10.1 Å². The maximum Gasteiger partial charge on any atom is 0.355 e. The highest BCUT2D eigenvalue weighted by Gasteiger charge is 2.24. The molecule has 0 aliphatic heterocycles. The Labute approximate surface area is 162 Å². The third kappa shape index (κ3) is 4.36. The van der Waals surface area contributed by atoms with Crippen LogP contribution < -0.4 is 16.2 Å². The van der Waals surface area contributed by atoms with Gasteiger partial charge in [0.05, 0.1) is 10.5 Å². The Morgan fingerprint density at radius 1 is 1.00 bits per heavy atom. The number of nitrogens with zero attached hydrogens (tertiary/aromatic N) is 3. The number of nitro groups is 1. The first-order valence-corrected chi connectivity index (χ1v) is 8.48. The van der Waals surface area contributed by atoms with E-state index in [9.17, 15) is 14.9 Å². The molecule has 1 aromatic heterocycles. The number of carbonyl (C=O) groups excluding carboxylic acids is 1. The second-order valence-corrected chi connectivity index (χ2v) is 6.08. The van der Waals surface area contributed by atoms with Gasteiger partial charge in [-0.2, -0.15) is 0 Å². The number of amides is 1. The Morgan fingerprint density at radius 2 is 1.67 bits per heavy atom. The van der Waals surface area contributed by atoms with E-state index in [1.165, 1.54) is 0 Å². The lowest BCUT2D eigenvalue weighted by Crippen LogP contribution is -2.30. The third-order valence-corrected chi connectivity index (χ3v) is 4.15. The molecule has 10 heteroatoms. The second kappa shape index (κ2) is 8.23. The number of rotatable bonds is 6. The lowest BCUT2D eigenvalue weighted by molar-refractivity contribution is -0.383. The molecule has 3 rings (SSSR count). The predicted octanol–water partition coefficient (Wildman–Crippen LogP) is 3.65. The van der Waals surface area contributed by atoms with Crippen molar-refractivity contribution in [2.24, 2.45) is 0 Å². The van der Waals surface area contributed by atoms with Gasteiger partial charge in [-0.1, -0.05) is 30.3 Å². The maximum atomic E-state index is 12.3. The molecule has 2 aromatic carbocycles. The first-order valence-electron chi connectivity index (χ1n) is 7.68. The summed E-state index contributed by atoms with van der Waals surface area (Å²) in [7, 11) is 0. The van der Waals surface area contributed by atoms with Crippen LogP contribution in [0.1, 0.15) is 10.4 Å². The summed E-state index contributed by atoms with van der Waals surface area (Å²) in [5.41, 5.74) is 5.49. The van der Waals surface area contributed by atoms with Gasteiger partial charge in [0.1, 0.15) is 6.33 Å². The molecule has 0 bridgehead atoms. The number of nitrogens with one attached hydrogen (secondary N) is 3. The second-order valence-electron chi connectivity index (χ2n) is 5.23. The van der Waals surface area contributed by atoms with Gasteiger partial charge < -0.3 is 5.32 Å². The van der Waals surface area contributed by atoms with Crippen LogP contribution >= 0.6 is 15.9 Å². The molecule has 3 aromatic rings. The Morgan fingerprint density at radius 3 is 2.37 bits per heavy atom. The molecule has 27 heavy (non-hydrogen) atoms. The summed E-state index contributed by atoms with van der Waals surface area (Å²) in [6.07, 6.45) is 1.16. The summed E-state index contributed by atoms with van der Waals surface area (Å²) in [6, 6.07) is 15.7. The minimum absolute atomic E-state index is 0.00107. The van der Waals surface area contributed by atoms with Gasteiger partial charge in [-0.05, 0) is 40.2 Å². The van der Waals surface area contributed by atoms with Crippen molar-refractivity contribution in [1.82, 2.24) is 15.4 Å². The van der Waals surface area contributed by atoms with Crippen LogP contribution in [0.5, 0.6) is 0 Å². The van der Waals surface area contributed by atoms with Crippen LogP contribution in [0.25, 0.3) is 0 Å². The molecule has 0 spiro atoms. The molecule has 0 aliphatic carbocycles. The average molecular weight is 429 g/mol. The highest BCUT2D eigenvalue weighted by molar-refractivity contribution is 9.10. The largest absolute Gasteiger partial charge is 0.355 e. The summed E-state index contributed by atoms with van der Waals surface area (Å²) < 4.78 is 0.591. The number of carbonyl (C=O) groups is 1. The lowest BCUT2D eigenvalue weighted by atomic mass is 10.2. The number of aromatic nitrogens is 2. The summed E-state index contributed by atoms with van der Waals surface area (Å²) in [4.78, 5) is 31.0. The van der Waals surface area contributed by atoms with Crippen molar-refractivity contribution in [2.45, 2.75) is 0 Å². The van der Waals surface area contributed by atoms with Crippen molar-refractivity contribution >= 4 is 44.8 Å². The van der Waals surface area contributed by atoms with E-state index in [4.69, 9.17) is 0 Å². The van der Waals surface area contributed by atoms with Crippen molar-refractivity contribution in [2.75, 3.05) is 10.7 Å². The van der Waals surface area contributed by atoms with Crippen LogP contribution in [0.15, 0.2) is 65.4 Å². The molecule has 9 nitrogen and oxygen atoms in total. The van der Waals surface area contributed by atoms with Crippen LogP contribution in [0.3, 0.4) is 0 Å². The Hall–Kier alpha value is -3.53. The number of halogens is 1. The highest BCUT2D eigenvalue weighted by atomic mass is 79.9. The van der Waals surface area contributed by atoms with E-state index in [2.05, 4.69) is 42.1 Å². The number of anilines is 3. The van der Waals surface area contributed by atoms with Gasteiger partial charge >= 0.3 is 5.69 Å². The molecule has 0 saturated carbocycles. The van der Waals surface area contributed by atoms with E-state index in [1.54, 1.807) is 48.5 Å². The predicted molar refractivity (Wildman–Crippen MR) is 104 cm³/mol. The quantitative estimate of drug-likeness (QED) is 0.404. The molecule has 1 amide bonds. The summed E-state index contributed by atoms with van der Waals surface area (Å²) in [6.45, 7) is 0. The van der Waals surface area contributed by atoms with Crippen LogP contribution in [0.4, 0.5) is 23.0 Å². The van der Waals surface area contributed by atoms with Crippen molar-refractivity contribution in [3.8, 4) is 0 Å². The Bertz CT molecular complexity index is 983. The minimum Gasteiger partial charge on any atom is -0.334 e.